The molecule has 1 aromatic rings. The third-order valence-corrected chi connectivity index (χ3v) is 3.77. The third-order valence-electron chi connectivity index (χ3n) is 3.77. The number of benzene rings is 1. The smallest absolute Gasteiger partial charge is 0.305 e. The molecule has 1 atom stereocenters. The molecule has 1 aliphatic rings. The Balaban J connectivity index is 2.23. The van der Waals surface area contributed by atoms with E-state index in [2.05, 4.69) is 0 Å². The largest absolute Gasteiger partial charge is 0.466 e. The van der Waals surface area contributed by atoms with Crippen LogP contribution in [0.15, 0.2) is 24.3 Å². The second-order valence-corrected chi connectivity index (χ2v) is 5.02. The van der Waals surface area contributed by atoms with E-state index in [-0.39, 0.29) is 18.3 Å². The molecular formula is C15H19NO3. The number of carbonyl (C=O) groups is 2. The molecule has 4 nitrogen and oxygen atoms in total. The predicted octanol–water partition coefficient (Wildman–Crippen LogP) is 2.26. The second kappa shape index (κ2) is 5.03. The summed E-state index contributed by atoms with van der Waals surface area (Å²) in [5.41, 5.74) is 1.30. The van der Waals surface area contributed by atoms with E-state index in [4.69, 9.17) is 4.74 Å². The molecule has 19 heavy (non-hydrogen) atoms. The zero-order valence-electron chi connectivity index (χ0n) is 11.6. The van der Waals surface area contributed by atoms with E-state index in [0.29, 0.717) is 13.0 Å². The molecule has 0 saturated carbocycles. The average molecular weight is 261 g/mol. The van der Waals surface area contributed by atoms with Gasteiger partial charge in [-0.15, -0.1) is 0 Å². The van der Waals surface area contributed by atoms with Gasteiger partial charge in [0.05, 0.1) is 12.0 Å². The minimum atomic E-state index is -0.627. The summed E-state index contributed by atoms with van der Waals surface area (Å²) in [5.74, 6) is -0.207. The number of nitrogens with zero attached hydrogens (tertiary/aromatic N) is 1. The van der Waals surface area contributed by atoms with Crippen LogP contribution in [-0.2, 0) is 19.7 Å². The van der Waals surface area contributed by atoms with Crippen molar-refractivity contribution >= 4 is 17.6 Å². The SMILES string of the molecule is CCOC(=O)CCC1(C)C(=O)N(C)c2ccccc21. The molecule has 1 heterocycles. The molecule has 1 aromatic carbocycles. The van der Waals surface area contributed by atoms with Crippen LogP contribution in [0, 0.1) is 0 Å². The number of esters is 1. The van der Waals surface area contributed by atoms with Crippen LogP contribution in [0.1, 0.15) is 32.3 Å². The van der Waals surface area contributed by atoms with Crippen LogP contribution in [0.2, 0.25) is 0 Å². The van der Waals surface area contributed by atoms with Gasteiger partial charge in [-0.1, -0.05) is 18.2 Å². The number of fused-ring (bicyclic) bond motifs is 1. The van der Waals surface area contributed by atoms with Gasteiger partial charge in [-0.2, -0.15) is 0 Å². The van der Waals surface area contributed by atoms with Crippen molar-refractivity contribution in [1.29, 1.82) is 0 Å². The molecule has 1 aliphatic heterocycles. The monoisotopic (exact) mass is 261 g/mol. The Morgan fingerprint density at radius 2 is 2.05 bits per heavy atom. The molecule has 0 N–H and O–H groups in total. The Morgan fingerprint density at radius 1 is 1.37 bits per heavy atom. The minimum Gasteiger partial charge on any atom is -0.466 e. The molecule has 1 amide bonds. The highest BCUT2D eigenvalue weighted by Gasteiger charge is 2.45. The molecule has 0 spiro atoms. The van der Waals surface area contributed by atoms with E-state index >= 15 is 0 Å². The highest BCUT2D eigenvalue weighted by atomic mass is 16.5. The second-order valence-electron chi connectivity index (χ2n) is 5.02. The summed E-state index contributed by atoms with van der Waals surface area (Å²) in [5, 5.41) is 0. The Labute approximate surface area is 113 Å². The molecule has 4 heteroatoms. The van der Waals surface area contributed by atoms with E-state index in [0.717, 1.165) is 11.3 Å². The first-order chi connectivity index (χ1) is 9.00. The number of carbonyl (C=O) groups excluding carboxylic acids is 2. The maximum absolute atomic E-state index is 12.4. The normalized spacial score (nSPS) is 21.4. The number of hydrogen-bond acceptors (Lipinski definition) is 3. The third kappa shape index (κ3) is 2.23. The summed E-state index contributed by atoms with van der Waals surface area (Å²) in [4.78, 5) is 25.6. The number of ether oxygens (including phenoxy) is 1. The molecule has 0 fully saturated rings. The Kier molecular flexibility index (Phi) is 3.60. The van der Waals surface area contributed by atoms with Gasteiger partial charge in [0, 0.05) is 19.2 Å². The summed E-state index contributed by atoms with van der Waals surface area (Å²) in [6, 6.07) is 7.73. The lowest BCUT2D eigenvalue weighted by Crippen LogP contribution is -2.36. The fourth-order valence-electron chi connectivity index (χ4n) is 2.65. The molecular weight excluding hydrogens is 242 g/mol. The molecule has 0 aromatic heterocycles. The first-order valence-electron chi connectivity index (χ1n) is 6.54. The molecule has 0 bridgehead atoms. The van der Waals surface area contributed by atoms with Gasteiger partial charge in [0.25, 0.3) is 0 Å². The predicted molar refractivity (Wildman–Crippen MR) is 73.1 cm³/mol. The standard InChI is InChI=1S/C15H19NO3/c1-4-19-13(17)9-10-15(2)11-7-5-6-8-12(11)16(3)14(15)18/h5-8H,4,9-10H2,1-3H3. The zero-order chi connectivity index (χ0) is 14.0. The summed E-state index contributed by atoms with van der Waals surface area (Å²) in [7, 11) is 1.77. The van der Waals surface area contributed by atoms with Crippen molar-refractivity contribution in [2.45, 2.75) is 32.1 Å². The summed E-state index contributed by atoms with van der Waals surface area (Å²) < 4.78 is 4.93. The van der Waals surface area contributed by atoms with Gasteiger partial charge in [-0.3, -0.25) is 9.59 Å². The van der Waals surface area contributed by atoms with Crippen molar-refractivity contribution in [3.63, 3.8) is 0 Å². The van der Waals surface area contributed by atoms with Crippen molar-refractivity contribution in [1.82, 2.24) is 0 Å². The number of amides is 1. The minimum absolute atomic E-state index is 0.0398. The number of para-hydroxylation sites is 1. The van der Waals surface area contributed by atoms with Crippen LogP contribution < -0.4 is 4.90 Å². The Bertz CT molecular complexity index is 512. The van der Waals surface area contributed by atoms with Gasteiger partial charge in [0.1, 0.15) is 0 Å². The topological polar surface area (TPSA) is 46.6 Å². The van der Waals surface area contributed by atoms with Gasteiger partial charge in [0.15, 0.2) is 0 Å². The molecule has 1 unspecified atom stereocenters. The first kappa shape index (κ1) is 13.6. The molecule has 102 valence electrons. The van der Waals surface area contributed by atoms with Gasteiger partial charge in [-0.25, -0.2) is 0 Å². The maximum Gasteiger partial charge on any atom is 0.305 e. The fourth-order valence-corrected chi connectivity index (χ4v) is 2.65. The lowest BCUT2D eigenvalue weighted by molar-refractivity contribution is -0.143. The van der Waals surface area contributed by atoms with Crippen molar-refractivity contribution in [2.24, 2.45) is 0 Å². The summed E-state index contributed by atoms with van der Waals surface area (Å²) in [6.07, 6.45) is 0.740. The van der Waals surface area contributed by atoms with Crippen molar-refractivity contribution in [3.05, 3.63) is 29.8 Å². The Morgan fingerprint density at radius 3 is 2.74 bits per heavy atom. The first-order valence-corrected chi connectivity index (χ1v) is 6.54. The quantitative estimate of drug-likeness (QED) is 0.781. The van der Waals surface area contributed by atoms with Gasteiger partial charge in [0.2, 0.25) is 5.91 Å². The van der Waals surface area contributed by atoms with Gasteiger partial charge < -0.3 is 9.64 Å². The van der Waals surface area contributed by atoms with Crippen molar-refractivity contribution < 1.29 is 14.3 Å². The lowest BCUT2D eigenvalue weighted by Gasteiger charge is -2.22. The van der Waals surface area contributed by atoms with Gasteiger partial charge >= 0.3 is 5.97 Å². The number of hydrogen-bond donors (Lipinski definition) is 0. The number of likely N-dealkylation sites (N-methyl/N-ethyl adjacent to an activating group) is 1. The maximum atomic E-state index is 12.4. The lowest BCUT2D eigenvalue weighted by atomic mass is 9.79. The summed E-state index contributed by atoms with van der Waals surface area (Å²) >= 11 is 0. The highest BCUT2D eigenvalue weighted by molar-refractivity contribution is 6.07. The van der Waals surface area contributed by atoms with Gasteiger partial charge in [-0.05, 0) is 31.9 Å². The van der Waals surface area contributed by atoms with E-state index in [9.17, 15) is 9.59 Å². The number of anilines is 1. The highest BCUT2D eigenvalue weighted by Crippen LogP contribution is 2.43. The Hall–Kier alpha value is -1.84. The molecule has 0 saturated heterocycles. The fraction of sp³-hybridized carbons (Fsp3) is 0.467. The van der Waals surface area contributed by atoms with E-state index in [1.807, 2.05) is 31.2 Å². The van der Waals surface area contributed by atoms with Crippen LogP contribution >= 0.6 is 0 Å². The number of rotatable bonds is 4. The van der Waals surface area contributed by atoms with Crippen LogP contribution in [0.3, 0.4) is 0 Å². The van der Waals surface area contributed by atoms with Crippen LogP contribution in [0.25, 0.3) is 0 Å². The van der Waals surface area contributed by atoms with E-state index < -0.39 is 5.41 Å². The van der Waals surface area contributed by atoms with Crippen LogP contribution in [-0.4, -0.2) is 25.5 Å². The molecule has 0 radical (unpaired) electrons. The van der Waals surface area contributed by atoms with Crippen LogP contribution in [0.4, 0.5) is 5.69 Å². The average Bonchev–Trinajstić information content (AvgIpc) is 2.61. The zero-order valence-corrected chi connectivity index (χ0v) is 11.6. The molecule has 0 aliphatic carbocycles. The van der Waals surface area contributed by atoms with Crippen molar-refractivity contribution in [3.8, 4) is 0 Å². The van der Waals surface area contributed by atoms with Crippen LogP contribution in [0.5, 0.6) is 0 Å². The van der Waals surface area contributed by atoms with E-state index in [1.165, 1.54) is 0 Å². The molecule has 2 rings (SSSR count). The summed E-state index contributed by atoms with van der Waals surface area (Å²) in [6.45, 7) is 4.06. The van der Waals surface area contributed by atoms with Crippen molar-refractivity contribution in [2.75, 3.05) is 18.6 Å². The van der Waals surface area contributed by atoms with E-state index in [1.54, 1.807) is 18.9 Å².